The summed E-state index contributed by atoms with van der Waals surface area (Å²) in [5.74, 6) is -2.24. The lowest BCUT2D eigenvalue weighted by Gasteiger charge is -2.28. The molecule has 1 saturated carbocycles. The standard InChI is InChI=1S/C30H36Cl2N4O6S/c1-30(2,3)42-29(41)36-16-20(43-19-6-4-5-7-19)13-24(36)26(37)35-23(28(39)40)12-17-8-10-18(11-9-17)34-27(38)25-21(31)14-33-15-22(25)32/h8-11,14-15,19-20,23-24H,4-7,12-13,16H2,1-3H3,(H,34,38)(H,35,37)(H,39,40)/t20?,23-,24-/m0/s1. The number of nitrogens with zero attached hydrogens (tertiary/aromatic N) is 2. The molecule has 0 bridgehead atoms. The largest absolute Gasteiger partial charge is 0.480 e. The van der Waals surface area contributed by atoms with Crippen molar-refractivity contribution in [1.29, 1.82) is 0 Å². The molecule has 1 aromatic heterocycles. The van der Waals surface area contributed by atoms with Crippen LogP contribution < -0.4 is 10.6 Å². The van der Waals surface area contributed by atoms with E-state index in [-0.39, 0.29) is 27.3 Å². The fraction of sp³-hybridized carbons (Fsp3) is 0.500. The maximum Gasteiger partial charge on any atom is 0.411 e. The minimum absolute atomic E-state index is 0.00325. The van der Waals surface area contributed by atoms with Gasteiger partial charge in [0.25, 0.3) is 5.91 Å². The number of rotatable bonds is 9. The number of aliphatic carboxylic acids is 1. The normalized spacial score (nSPS) is 19.6. The number of ether oxygens (including phenoxy) is 1. The van der Waals surface area contributed by atoms with Gasteiger partial charge in [-0.3, -0.25) is 19.5 Å². The van der Waals surface area contributed by atoms with E-state index in [1.54, 1.807) is 45.0 Å². The molecule has 1 aromatic carbocycles. The fourth-order valence-corrected chi connectivity index (χ4v) is 7.44. The number of pyridine rings is 1. The summed E-state index contributed by atoms with van der Waals surface area (Å²) in [4.78, 5) is 56.6. The van der Waals surface area contributed by atoms with Gasteiger partial charge in [0.2, 0.25) is 5.91 Å². The average molecular weight is 652 g/mol. The second-order valence-electron chi connectivity index (χ2n) is 11.8. The number of benzene rings is 1. The van der Waals surface area contributed by atoms with Crippen molar-refractivity contribution in [2.45, 2.75) is 87.5 Å². The SMILES string of the molecule is CC(C)(C)OC(=O)N1CC(SC2CCCC2)C[C@H]1C(=O)N[C@@H](Cc1ccc(NC(=O)c2c(Cl)cncc2Cl)cc1)C(=O)O. The molecule has 1 aliphatic heterocycles. The Bertz CT molecular complexity index is 1330. The Morgan fingerprint density at radius 1 is 1.07 bits per heavy atom. The molecular weight excluding hydrogens is 615 g/mol. The van der Waals surface area contributed by atoms with Crippen LogP contribution in [0.5, 0.6) is 0 Å². The Balaban J connectivity index is 1.41. The molecule has 4 rings (SSSR count). The Morgan fingerprint density at radius 2 is 1.70 bits per heavy atom. The molecule has 232 valence electrons. The predicted molar refractivity (Wildman–Crippen MR) is 167 cm³/mol. The van der Waals surface area contributed by atoms with Gasteiger partial charge in [0.1, 0.15) is 17.7 Å². The number of aromatic nitrogens is 1. The molecule has 10 nitrogen and oxygen atoms in total. The first-order valence-corrected chi connectivity index (χ1v) is 15.9. The maximum atomic E-state index is 13.5. The molecule has 1 aliphatic carbocycles. The summed E-state index contributed by atoms with van der Waals surface area (Å²) in [5, 5.41) is 16.1. The van der Waals surface area contributed by atoms with Crippen LogP contribution in [0.1, 0.15) is 68.8 Å². The van der Waals surface area contributed by atoms with E-state index in [1.165, 1.54) is 30.1 Å². The number of hydrogen-bond acceptors (Lipinski definition) is 7. The first-order valence-electron chi connectivity index (χ1n) is 14.2. The van der Waals surface area contributed by atoms with Crippen LogP contribution >= 0.6 is 35.0 Å². The number of carboxylic acid groups (broad SMARTS) is 1. The molecule has 3 N–H and O–H groups in total. The monoisotopic (exact) mass is 650 g/mol. The number of carbonyl (C=O) groups excluding carboxylic acids is 3. The lowest BCUT2D eigenvalue weighted by Crippen LogP contribution is -2.52. The highest BCUT2D eigenvalue weighted by Gasteiger charge is 2.43. The molecule has 0 radical (unpaired) electrons. The summed E-state index contributed by atoms with van der Waals surface area (Å²) >= 11 is 13.9. The second-order valence-corrected chi connectivity index (χ2v) is 14.2. The fourth-order valence-electron chi connectivity index (χ4n) is 5.21. The van der Waals surface area contributed by atoms with Crippen molar-refractivity contribution in [3.63, 3.8) is 0 Å². The van der Waals surface area contributed by atoms with Crippen LogP contribution in [0.3, 0.4) is 0 Å². The van der Waals surface area contributed by atoms with E-state index >= 15 is 0 Å². The molecule has 2 fully saturated rings. The molecule has 13 heteroatoms. The number of carbonyl (C=O) groups is 4. The summed E-state index contributed by atoms with van der Waals surface area (Å²) < 4.78 is 5.58. The number of likely N-dealkylation sites (tertiary alicyclic amines) is 1. The van der Waals surface area contributed by atoms with Gasteiger partial charge in [-0.1, -0.05) is 48.2 Å². The van der Waals surface area contributed by atoms with Crippen molar-refractivity contribution in [1.82, 2.24) is 15.2 Å². The van der Waals surface area contributed by atoms with Gasteiger partial charge in [0, 0.05) is 41.5 Å². The molecule has 2 heterocycles. The van der Waals surface area contributed by atoms with Crippen LogP contribution in [-0.4, -0.2) is 73.6 Å². The predicted octanol–water partition coefficient (Wildman–Crippen LogP) is 5.81. The summed E-state index contributed by atoms with van der Waals surface area (Å²) in [5.41, 5.74) is 0.419. The number of anilines is 1. The smallest absolute Gasteiger partial charge is 0.411 e. The van der Waals surface area contributed by atoms with Gasteiger partial charge in [0.05, 0.1) is 15.6 Å². The second kappa shape index (κ2) is 14.2. The van der Waals surface area contributed by atoms with Gasteiger partial charge in [-0.25, -0.2) is 9.59 Å². The summed E-state index contributed by atoms with van der Waals surface area (Å²) in [6.07, 6.45) is 7.10. The number of thioether (sulfide) groups is 1. The van der Waals surface area contributed by atoms with E-state index in [9.17, 15) is 24.3 Å². The van der Waals surface area contributed by atoms with Crippen molar-refractivity contribution in [2.75, 3.05) is 11.9 Å². The molecule has 43 heavy (non-hydrogen) atoms. The Hall–Kier alpha value is -3.02. The number of carboxylic acids is 1. The van der Waals surface area contributed by atoms with Crippen LogP contribution in [0, 0.1) is 0 Å². The molecule has 3 amide bonds. The molecular formula is C30H36Cl2N4O6S. The zero-order valence-corrected chi connectivity index (χ0v) is 26.6. The summed E-state index contributed by atoms with van der Waals surface area (Å²) in [6.45, 7) is 5.67. The van der Waals surface area contributed by atoms with E-state index in [1.807, 2.05) is 11.8 Å². The third-order valence-corrected chi connectivity index (χ3v) is 9.38. The topological polar surface area (TPSA) is 138 Å². The van der Waals surface area contributed by atoms with Crippen molar-refractivity contribution in [2.24, 2.45) is 0 Å². The van der Waals surface area contributed by atoms with Gasteiger partial charge >= 0.3 is 12.1 Å². The molecule has 1 unspecified atom stereocenters. The van der Waals surface area contributed by atoms with Crippen LogP contribution in [0.4, 0.5) is 10.5 Å². The van der Waals surface area contributed by atoms with Crippen molar-refractivity contribution in [3.05, 3.63) is 57.8 Å². The minimum atomic E-state index is -1.23. The molecule has 2 aromatic rings. The first-order chi connectivity index (χ1) is 20.3. The number of hydrogen-bond donors (Lipinski definition) is 3. The van der Waals surface area contributed by atoms with E-state index in [0.717, 1.165) is 12.8 Å². The Morgan fingerprint density at radius 3 is 2.28 bits per heavy atom. The van der Waals surface area contributed by atoms with Crippen molar-refractivity contribution < 1.29 is 29.0 Å². The first kappa shape index (κ1) is 32.9. The van der Waals surface area contributed by atoms with Crippen LogP contribution in [0.25, 0.3) is 0 Å². The van der Waals surface area contributed by atoms with Gasteiger partial charge in [-0.15, -0.1) is 0 Å². The van der Waals surface area contributed by atoms with Crippen LogP contribution in [0.15, 0.2) is 36.7 Å². The highest BCUT2D eigenvalue weighted by Crippen LogP contribution is 2.38. The highest BCUT2D eigenvalue weighted by molar-refractivity contribution is 8.00. The van der Waals surface area contributed by atoms with Crippen molar-refractivity contribution >= 4 is 64.5 Å². The maximum absolute atomic E-state index is 13.5. The van der Waals surface area contributed by atoms with Crippen molar-refractivity contribution in [3.8, 4) is 0 Å². The number of nitrogens with one attached hydrogen (secondary N) is 2. The third kappa shape index (κ3) is 9.00. The van der Waals surface area contributed by atoms with Gasteiger partial charge in [0.15, 0.2) is 0 Å². The van der Waals surface area contributed by atoms with Crippen LogP contribution in [-0.2, 0) is 20.7 Å². The Labute approximate surface area is 265 Å². The molecule has 3 atom stereocenters. The minimum Gasteiger partial charge on any atom is -0.480 e. The molecule has 0 spiro atoms. The zero-order chi connectivity index (χ0) is 31.3. The highest BCUT2D eigenvalue weighted by atomic mass is 35.5. The van der Waals surface area contributed by atoms with Crippen LogP contribution in [0.2, 0.25) is 10.0 Å². The third-order valence-electron chi connectivity index (χ3n) is 7.23. The lowest BCUT2D eigenvalue weighted by molar-refractivity contribution is -0.142. The average Bonchev–Trinajstić information content (AvgIpc) is 3.59. The van der Waals surface area contributed by atoms with E-state index < -0.39 is 41.6 Å². The van der Waals surface area contributed by atoms with Gasteiger partial charge in [-0.05, 0) is 57.7 Å². The number of amides is 3. The Kier molecular flexibility index (Phi) is 10.8. The molecule has 2 aliphatic rings. The summed E-state index contributed by atoms with van der Waals surface area (Å²) in [7, 11) is 0. The zero-order valence-electron chi connectivity index (χ0n) is 24.3. The summed E-state index contributed by atoms with van der Waals surface area (Å²) in [6, 6.07) is 4.48. The number of halogens is 2. The van der Waals surface area contributed by atoms with E-state index in [0.29, 0.717) is 29.5 Å². The van der Waals surface area contributed by atoms with Gasteiger partial charge < -0.3 is 20.5 Å². The lowest BCUT2D eigenvalue weighted by atomic mass is 10.0. The quantitative estimate of drug-likeness (QED) is 0.309. The molecule has 1 saturated heterocycles. The van der Waals surface area contributed by atoms with Gasteiger partial charge in [-0.2, -0.15) is 11.8 Å². The van der Waals surface area contributed by atoms with E-state index in [4.69, 9.17) is 27.9 Å². The van der Waals surface area contributed by atoms with E-state index in [2.05, 4.69) is 15.6 Å².